The molecule has 15 heavy (non-hydrogen) atoms. The molecule has 0 bridgehead atoms. The summed E-state index contributed by atoms with van der Waals surface area (Å²) < 4.78 is 48.9. The van der Waals surface area contributed by atoms with Crippen molar-refractivity contribution in [1.82, 2.24) is 0 Å². The summed E-state index contributed by atoms with van der Waals surface area (Å²) in [7, 11) is 0. The molecule has 0 fully saturated rings. The van der Waals surface area contributed by atoms with Gasteiger partial charge in [-0.3, -0.25) is 0 Å². The van der Waals surface area contributed by atoms with E-state index in [0.717, 1.165) is 12.1 Å². The van der Waals surface area contributed by atoms with Crippen LogP contribution in [-0.2, 0) is 6.42 Å². The molecule has 1 unspecified atom stereocenters. The Labute approximate surface area is 88.3 Å². The molecule has 1 N–H and O–H groups in total. The third-order valence-corrected chi connectivity index (χ3v) is 2.03. The van der Waals surface area contributed by atoms with Gasteiger partial charge < -0.3 is 5.11 Å². The van der Waals surface area contributed by atoms with E-state index in [1.165, 1.54) is 6.07 Å². The van der Waals surface area contributed by atoms with E-state index in [-0.39, 0.29) is 10.6 Å². The van der Waals surface area contributed by atoms with Crippen LogP contribution in [-0.4, -0.2) is 17.4 Å². The molecule has 0 aliphatic rings. The molecule has 0 amide bonds. The highest BCUT2D eigenvalue weighted by Crippen LogP contribution is 2.25. The summed E-state index contributed by atoms with van der Waals surface area (Å²) in [6, 6.07) is 3.24. The van der Waals surface area contributed by atoms with Gasteiger partial charge in [-0.05, 0) is 23.8 Å². The van der Waals surface area contributed by atoms with Crippen molar-refractivity contribution < 1.29 is 22.7 Å². The Hall–Kier alpha value is -0.810. The van der Waals surface area contributed by atoms with Crippen LogP contribution in [0.2, 0.25) is 5.02 Å². The van der Waals surface area contributed by atoms with E-state index in [4.69, 9.17) is 16.7 Å². The van der Waals surface area contributed by atoms with Crippen LogP contribution >= 0.6 is 11.6 Å². The maximum absolute atomic E-state index is 13.0. The van der Waals surface area contributed by atoms with Crippen molar-refractivity contribution in [3.8, 4) is 0 Å². The first kappa shape index (κ1) is 12.3. The highest BCUT2D eigenvalue weighted by atomic mass is 35.5. The lowest BCUT2D eigenvalue weighted by Crippen LogP contribution is -2.30. The van der Waals surface area contributed by atoms with Crippen LogP contribution in [0.3, 0.4) is 0 Å². The SMILES string of the molecule is OC(Cc1cc(Cl)ccc1F)C(F)(F)F. The fraction of sp³-hybridized carbons (Fsp3) is 0.333. The predicted molar refractivity (Wildman–Crippen MR) is 47.2 cm³/mol. The molecule has 84 valence electrons. The van der Waals surface area contributed by atoms with Gasteiger partial charge in [0.05, 0.1) is 0 Å². The molecular weight excluding hydrogens is 236 g/mol. The maximum Gasteiger partial charge on any atom is 0.414 e. The van der Waals surface area contributed by atoms with Gasteiger partial charge in [-0.2, -0.15) is 13.2 Å². The summed E-state index contributed by atoms with van der Waals surface area (Å²) in [5.41, 5.74) is -0.257. The number of hydrogen-bond acceptors (Lipinski definition) is 1. The second-order valence-corrected chi connectivity index (χ2v) is 3.43. The quantitative estimate of drug-likeness (QED) is 0.791. The number of aliphatic hydroxyl groups excluding tert-OH is 1. The van der Waals surface area contributed by atoms with Gasteiger partial charge in [0.1, 0.15) is 5.82 Å². The summed E-state index contributed by atoms with van der Waals surface area (Å²) in [4.78, 5) is 0. The molecule has 0 aliphatic carbocycles. The number of halogens is 5. The summed E-state index contributed by atoms with van der Waals surface area (Å²) in [6.07, 6.45) is -8.17. The van der Waals surface area contributed by atoms with Gasteiger partial charge in [0.15, 0.2) is 6.10 Å². The molecule has 0 aliphatic heterocycles. The minimum atomic E-state index is -4.76. The Balaban J connectivity index is 2.85. The number of hydrogen-bond donors (Lipinski definition) is 1. The zero-order chi connectivity index (χ0) is 11.6. The third-order valence-electron chi connectivity index (χ3n) is 1.80. The fourth-order valence-corrected chi connectivity index (χ4v) is 1.22. The molecule has 1 nitrogen and oxygen atoms in total. The summed E-state index contributed by atoms with van der Waals surface area (Å²) in [5, 5.41) is 8.85. The van der Waals surface area contributed by atoms with Gasteiger partial charge in [-0.1, -0.05) is 11.6 Å². The van der Waals surface area contributed by atoms with Crippen LogP contribution in [0.4, 0.5) is 17.6 Å². The summed E-state index contributed by atoms with van der Waals surface area (Å²) >= 11 is 5.48. The Bertz CT molecular complexity index is 350. The van der Waals surface area contributed by atoms with E-state index >= 15 is 0 Å². The molecule has 0 heterocycles. The number of benzene rings is 1. The molecule has 0 aromatic heterocycles. The Morgan fingerprint density at radius 1 is 1.33 bits per heavy atom. The Kier molecular flexibility index (Phi) is 3.57. The van der Waals surface area contributed by atoms with E-state index in [0.29, 0.717) is 0 Å². The molecular formula is C9H7ClF4O. The van der Waals surface area contributed by atoms with E-state index in [2.05, 4.69) is 0 Å². The van der Waals surface area contributed by atoms with Gasteiger partial charge in [-0.25, -0.2) is 4.39 Å². The van der Waals surface area contributed by atoms with Crippen LogP contribution in [0.15, 0.2) is 18.2 Å². The number of rotatable bonds is 2. The standard InChI is InChI=1S/C9H7ClF4O/c10-6-1-2-7(11)5(3-6)4-8(15)9(12,13)14/h1-3,8,15H,4H2. The normalized spacial score (nSPS) is 14.0. The molecule has 0 saturated heterocycles. The lowest BCUT2D eigenvalue weighted by atomic mass is 10.1. The van der Waals surface area contributed by atoms with E-state index in [1.54, 1.807) is 0 Å². The van der Waals surface area contributed by atoms with Gasteiger partial charge in [0, 0.05) is 11.4 Å². The van der Waals surface area contributed by atoms with Crippen molar-refractivity contribution in [3.63, 3.8) is 0 Å². The highest BCUT2D eigenvalue weighted by molar-refractivity contribution is 6.30. The topological polar surface area (TPSA) is 20.2 Å². The average Bonchev–Trinajstić information content (AvgIpc) is 2.09. The lowest BCUT2D eigenvalue weighted by Gasteiger charge is -2.14. The van der Waals surface area contributed by atoms with Crippen molar-refractivity contribution in [3.05, 3.63) is 34.6 Å². The lowest BCUT2D eigenvalue weighted by molar-refractivity contribution is -0.203. The van der Waals surface area contributed by atoms with Crippen molar-refractivity contribution in [2.75, 3.05) is 0 Å². The van der Waals surface area contributed by atoms with Crippen LogP contribution in [0.5, 0.6) is 0 Å². The molecule has 1 rings (SSSR count). The van der Waals surface area contributed by atoms with Crippen molar-refractivity contribution in [2.45, 2.75) is 18.7 Å². The second kappa shape index (κ2) is 4.37. The van der Waals surface area contributed by atoms with E-state index < -0.39 is 24.5 Å². The second-order valence-electron chi connectivity index (χ2n) is 3.00. The van der Waals surface area contributed by atoms with Crippen molar-refractivity contribution in [2.24, 2.45) is 0 Å². The minimum absolute atomic E-state index is 0.126. The zero-order valence-electron chi connectivity index (χ0n) is 7.35. The van der Waals surface area contributed by atoms with Gasteiger partial charge in [0.25, 0.3) is 0 Å². The first-order chi connectivity index (χ1) is 6.80. The van der Waals surface area contributed by atoms with Crippen molar-refractivity contribution in [1.29, 1.82) is 0 Å². The fourth-order valence-electron chi connectivity index (χ4n) is 1.02. The maximum atomic E-state index is 13.0. The van der Waals surface area contributed by atoms with Crippen molar-refractivity contribution >= 4 is 11.6 Å². The van der Waals surface area contributed by atoms with E-state index in [9.17, 15) is 17.6 Å². The van der Waals surface area contributed by atoms with Gasteiger partial charge in [-0.15, -0.1) is 0 Å². The molecule has 0 spiro atoms. The third kappa shape index (κ3) is 3.35. The van der Waals surface area contributed by atoms with Gasteiger partial charge in [0.2, 0.25) is 0 Å². The molecule has 1 atom stereocenters. The number of alkyl halides is 3. The monoisotopic (exact) mass is 242 g/mol. The molecule has 1 aromatic carbocycles. The Morgan fingerprint density at radius 2 is 1.93 bits per heavy atom. The first-order valence-electron chi connectivity index (χ1n) is 3.99. The zero-order valence-corrected chi connectivity index (χ0v) is 8.11. The summed E-state index contributed by atoms with van der Waals surface area (Å²) in [6.45, 7) is 0. The smallest absolute Gasteiger partial charge is 0.383 e. The molecule has 0 saturated carbocycles. The van der Waals surface area contributed by atoms with E-state index in [1.807, 2.05) is 0 Å². The van der Waals surface area contributed by atoms with Gasteiger partial charge >= 0.3 is 6.18 Å². The van der Waals surface area contributed by atoms with Crippen LogP contribution < -0.4 is 0 Å². The Morgan fingerprint density at radius 3 is 2.47 bits per heavy atom. The highest BCUT2D eigenvalue weighted by Gasteiger charge is 2.38. The predicted octanol–water partition coefficient (Wildman–Crippen LogP) is 2.94. The van der Waals surface area contributed by atoms with Crippen LogP contribution in [0.1, 0.15) is 5.56 Å². The van der Waals surface area contributed by atoms with Crippen LogP contribution in [0, 0.1) is 5.82 Å². The average molecular weight is 243 g/mol. The minimum Gasteiger partial charge on any atom is -0.383 e. The molecule has 1 aromatic rings. The largest absolute Gasteiger partial charge is 0.414 e. The van der Waals surface area contributed by atoms with Crippen LogP contribution in [0.25, 0.3) is 0 Å². The summed E-state index contributed by atoms with van der Waals surface area (Å²) in [5.74, 6) is -0.817. The molecule has 6 heteroatoms. The molecule has 0 radical (unpaired) electrons. The first-order valence-corrected chi connectivity index (χ1v) is 4.37. The number of aliphatic hydroxyl groups is 1.